The Kier molecular flexibility index (Phi) is 5.52. The number of fused-ring (bicyclic) bond motifs is 1. The molecule has 4 rings (SSSR count). The summed E-state index contributed by atoms with van der Waals surface area (Å²) >= 11 is 5.68. The second kappa shape index (κ2) is 7.88. The van der Waals surface area contributed by atoms with Gasteiger partial charge in [-0.3, -0.25) is 9.36 Å². The number of hydrogen-bond acceptors (Lipinski definition) is 4. The second-order valence-electron chi connectivity index (χ2n) is 7.58. The first kappa shape index (κ1) is 21.7. The molecule has 0 aromatic carbocycles. The molecule has 4 heterocycles. The van der Waals surface area contributed by atoms with Crippen molar-refractivity contribution in [2.24, 2.45) is 0 Å². The van der Waals surface area contributed by atoms with Gasteiger partial charge in [-0.25, -0.2) is 23.2 Å². The fraction of sp³-hybridized carbons (Fsp3) is 0.556. The molecule has 0 saturated carbocycles. The average Bonchev–Trinajstić information content (AvgIpc) is 3.19. The maximum atomic E-state index is 13.5. The topological polar surface area (TPSA) is 73.0 Å². The van der Waals surface area contributed by atoms with Gasteiger partial charge in [0.1, 0.15) is 11.9 Å². The predicted molar refractivity (Wildman–Crippen MR) is 98.2 cm³/mol. The molecule has 0 N–H and O–H groups in total. The van der Waals surface area contributed by atoms with Crippen LogP contribution < -0.4 is 5.69 Å². The SMILES string of the molecule is O=C(C1CCCc2nn(Cc3cnc(C(F)(F)F)c(Cl)c3)c(=O)n21)N1CC(F)C(F)C1. The number of hydrogen-bond donors (Lipinski definition) is 0. The highest BCUT2D eigenvalue weighted by molar-refractivity contribution is 6.31. The van der Waals surface area contributed by atoms with Crippen LogP contribution in [-0.4, -0.2) is 55.6 Å². The Labute approximate surface area is 177 Å². The van der Waals surface area contributed by atoms with Crippen molar-refractivity contribution in [1.29, 1.82) is 0 Å². The van der Waals surface area contributed by atoms with E-state index < -0.39 is 46.9 Å². The van der Waals surface area contributed by atoms with E-state index in [1.165, 1.54) is 4.57 Å². The number of likely N-dealkylation sites (tertiary alicyclic amines) is 1. The van der Waals surface area contributed by atoms with Gasteiger partial charge in [0.15, 0.2) is 18.0 Å². The number of amides is 1. The predicted octanol–water partition coefficient (Wildman–Crippen LogP) is 2.56. The van der Waals surface area contributed by atoms with Crippen LogP contribution in [-0.2, 0) is 23.9 Å². The maximum absolute atomic E-state index is 13.5. The van der Waals surface area contributed by atoms with Crippen molar-refractivity contribution in [3.63, 3.8) is 0 Å². The van der Waals surface area contributed by atoms with Crippen LogP contribution in [0.25, 0.3) is 0 Å². The van der Waals surface area contributed by atoms with Crippen molar-refractivity contribution in [1.82, 2.24) is 24.2 Å². The van der Waals surface area contributed by atoms with E-state index in [4.69, 9.17) is 11.6 Å². The highest BCUT2D eigenvalue weighted by Gasteiger charge is 2.40. The molecular formula is C18H17ClF5N5O2. The quantitative estimate of drug-likeness (QED) is 0.653. The fourth-order valence-electron chi connectivity index (χ4n) is 3.93. The summed E-state index contributed by atoms with van der Waals surface area (Å²) in [5.41, 5.74) is -1.65. The lowest BCUT2D eigenvalue weighted by Gasteiger charge is -2.26. The number of alkyl halides is 5. The summed E-state index contributed by atoms with van der Waals surface area (Å²) in [4.78, 5) is 30.1. The molecular weight excluding hydrogens is 449 g/mol. The molecule has 1 saturated heterocycles. The second-order valence-corrected chi connectivity index (χ2v) is 7.99. The highest BCUT2D eigenvalue weighted by atomic mass is 35.5. The molecule has 3 atom stereocenters. The number of halogens is 6. The Balaban J connectivity index is 1.60. The lowest BCUT2D eigenvalue weighted by atomic mass is 10.0. The van der Waals surface area contributed by atoms with Crippen LogP contribution in [0.3, 0.4) is 0 Å². The van der Waals surface area contributed by atoms with E-state index in [0.717, 1.165) is 21.8 Å². The number of nitrogens with zero attached hydrogens (tertiary/aromatic N) is 5. The number of pyridine rings is 1. The van der Waals surface area contributed by atoms with E-state index >= 15 is 0 Å². The minimum absolute atomic E-state index is 0.201. The van der Waals surface area contributed by atoms with Crippen LogP contribution in [0, 0.1) is 0 Å². The average molecular weight is 466 g/mol. The van der Waals surface area contributed by atoms with Crippen molar-refractivity contribution in [3.05, 3.63) is 44.9 Å². The van der Waals surface area contributed by atoms with Gasteiger partial charge in [-0.1, -0.05) is 11.6 Å². The molecule has 13 heteroatoms. The van der Waals surface area contributed by atoms with E-state index in [1.807, 2.05) is 0 Å². The molecule has 168 valence electrons. The molecule has 2 aliphatic rings. The van der Waals surface area contributed by atoms with Crippen molar-refractivity contribution in [2.45, 2.75) is 50.4 Å². The molecule has 3 unspecified atom stereocenters. The zero-order chi connectivity index (χ0) is 22.5. The molecule has 2 aromatic heterocycles. The number of carbonyl (C=O) groups is 1. The standard InChI is InChI=1S/C18H17ClF5N5O2/c19-10-4-9(5-25-15(10)18(22,23)24)6-28-17(31)29-13(2-1-3-14(29)26-28)16(30)27-7-11(20)12(21)8-27/h4-5,11-13H,1-3,6-8H2. The molecule has 2 aliphatic heterocycles. The van der Waals surface area contributed by atoms with Crippen molar-refractivity contribution in [2.75, 3.05) is 13.1 Å². The van der Waals surface area contributed by atoms with Gasteiger partial charge in [-0.05, 0) is 24.5 Å². The molecule has 1 amide bonds. The van der Waals surface area contributed by atoms with Crippen molar-refractivity contribution >= 4 is 17.5 Å². The van der Waals surface area contributed by atoms with E-state index in [9.17, 15) is 31.5 Å². The lowest BCUT2D eigenvalue weighted by molar-refractivity contribution is -0.141. The van der Waals surface area contributed by atoms with Gasteiger partial charge < -0.3 is 4.90 Å². The van der Waals surface area contributed by atoms with Crippen molar-refractivity contribution < 1.29 is 26.7 Å². The van der Waals surface area contributed by atoms with Crippen LogP contribution in [0.1, 0.15) is 36.0 Å². The molecule has 2 aromatic rings. The Bertz CT molecular complexity index is 1060. The van der Waals surface area contributed by atoms with Gasteiger partial charge >= 0.3 is 11.9 Å². The smallest absolute Gasteiger partial charge is 0.335 e. The normalized spacial score (nSPS) is 23.8. The first-order valence-electron chi connectivity index (χ1n) is 9.53. The number of carbonyl (C=O) groups excluding carboxylic acids is 1. The highest BCUT2D eigenvalue weighted by Crippen LogP contribution is 2.33. The third-order valence-electron chi connectivity index (χ3n) is 5.41. The minimum atomic E-state index is -4.71. The van der Waals surface area contributed by atoms with Crippen LogP contribution in [0.4, 0.5) is 22.0 Å². The van der Waals surface area contributed by atoms with Gasteiger partial charge in [-0.15, -0.1) is 0 Å². The molecule has 0 aliphatic carbocycles. The Morgan fingerprint density at radius 3 is 2.52 bits per heavy atom. The fourth-order valence-corrected chi connectivity index (χ4v) is 4.22. The van der Waals surface area contributed by atoms with Crippen LogP contribution in [0.5, 0.6) is 0 Å². The third-order valence-corrected chi connectivity index (χ3v) is 5.70. The maximum Gasteiger partial charge on any atom is 0.434 e. The summed E-state index contributed by atoms with van der Waals surface area (Å²) in [6.45, 7) is -0.942. The lowest BCUT2D eigenvalue weighted by Crippen LogP contribution is -2.42. The summed E-state index contributed by atoms with van der Waals surface area (Å²) in [6, 6.07) is 0.120. The number of rotatable bonds is 3. The Morgan fingerprint density at radius 2 is 1.90 bits per heavy atom. The van der Waals surface area contributed by atoms with Gasteiger partial charge in [-0.2, -0.15) is 18.3 Å². The summed E-state index contributed by atoms with van der Waals surface area (Å²) in [6.07, 6.45) is -6.00. The van der Waals surface area contributed by atoms with E-state index in [0.29, 0.717) is 25.1 Å². The van der Waals surface area contributed by atoms with E-state index in [2.05, 4.69) is 10.1 Å². The molecule has 7 nitrogen and oxygen atoms in total. The zero-order valence-corrected chi connectivity index (χ0v) is 16.7. The molecule has 0 radical (unpaired) electrons. The van der Waals surface area contributed by atoms with Gasteiger partial charge in [0.25, 0.3) is 0 Å². The van der Waals surface area contributed by atoms with Crippen LogP contribution >= 0.6 is 11.6 Å². The van der Waals surface area contributed by atoms with E-state index in [1.54, 1.807) is 0 Å². The first-order valence-corrected chi connectivity index (χ1v) is 9.91. The van der Waals surface area contributed by atoms with Crippen LogP contribution in [0.15, 0.2) is 17.1 Å². The van der Waals surface area contributed by atoms with Crippen LogP contribution in [0.2, 0.25) is 5.02 Å². The Hall–Kier alpha value is -2.50. The van der Waals surface area contributed by atoms with Crippen molar-refractivity contribution in [3.8, 4) is 0 Å². The zero-order valence-electron chi connectivity index (χ0n) is 15.9. The molecule has 0 spiro atoms. The Morgan fingerprint density at radius 1 is 1.23 bits per heavy atom. The monoisotopic (exact) mass is 465 g/mol. The third kappa shape index (κ3) is 4.04. The van der Waals surface area contributed by atoms with Gasteiger partial charge in [0.05, 0.1) is 24.7 Å². The number of aryl methyl sites for hydroxylation is 1. The summed E-state index contributed by atoms with van der Waals surface area (Å²) in [5, 5.41) is 3.58. The van der Waals surface area contributed by atoms with Gasteiger partial charge in [0, 0.05) is 12.6 Å². The van der Waals surface area contributed by atoms with E-state index in [-0.39, 0.29) is 25.2 Å². The first-order chi connectivity index (χ1) is 14.6. The minimum Gasteiger partial charge on any atom is -0.335 e. The number of aromatic nitrogens is 4. The summed E-state index contributed by atoms with van der Waals surface area (Å²) < 4.78 is 67.7. The molecule has 0 bridgehead atoms. The largest absolute Gasteiger partial charge is 0.434 e. The summed E-state index contributed by atoms with van der Waals surface area (Å²) in [5.74, 6) is -0.224. The summed E-state index contributed by atoms with van der Waals surface area (Å²) in [7, 11) is 0. The molecule has 1 fully saturated rings. The molecule has 31 heavy (non-hydrogen) atoms. The van der Waals surface area contributed by atoms with Gasteiger partial charge in [0.2, 0.25) is 5.91 Å².